The van der Waals surface area contributed by atoms with E-state index in [0.29, 0.717) is 31.1 Å². The molecule has 2 aromatic rings. The first kappa shape index (κ1) is 12.9. The van der Waals surface area contributed by atoms with Crippen LogP contribution in [0.3, 0.4) is 0 Å². The number of hydrogen-bond donors (Lipinski definition) is 1. The van der Waals surface area contributed by atoms with E-state index in [2.05, 4.69) is 27.0 Å². The molecule has 2 rings (SSSR count). The van der Waals surface area contributed by atoms with Crippen LogP contribution < -0.4 is 5.32 Å². The Morgan fingerprint density at radius 3 is 3.16 bits per heavy atom. The minimum Gasteiger partial charge on any atom is -0.353 e. The second kappa shape index (κ2) is 6.44. The smallest absolute Gasteiger partial charge is 0.227 e. The quantitative estimate of drug-likeness (QED) is 0.791. The molecule has 0 bridgehead atoms. The highest BCUT2D eigenvalue weighted by molar-refractivity contribution is 5.76. The van der Waals surface area contributed by atoms with Crippen molar-refractivity contribution in [2.24, 2.45) is 0 Å². The summed E-state index contributed by atoms with van der Waals surface area (Å²) in [7, 11) is 0. The van der Waals surface area contributed by atoms with Crippen molar-refractivity contribution in [3.8, 4) is 11.4 Å². The first-order valence-electron chi connectivity index (χ1n) is 5.90. The van der Waals surface area contributed by atoms with Crippen molar-refractivity contribution in [3.63, 3.8) is 0 Å². The number of rotatable bonds is 6. The van der Waals surface area contributed by atoms with Crippen molar-refractivity contribution in [2.45, 2.75) is 12.8 Å². The molecule has 0 saturated carbocycles. The molecular formula is C13H14N4O2. The van der Waals surface area contributed by atoms with Gasteiger partial charge in [0, 0.05) is 37.3 Å². The molecule has 6 nitrogen and oxygen atoms in total. The molecule has 0 radical (unpaired) electrons. The van der Waals surface area contributed by atoms with Gasteiger partial charge in [0.1, 0.15) is 0 Å². The van der Waals surface area contributed by atoms with E-state index in [0.717, 1.165) is 5.56 Å². The monoisotopic (exact) mass is 258 g/mol. The molecule has 0 aromatic carbocycles. The van der Waals surface area contributed by atoms with Crippen molar-refractivity contribution in [3.05, 3.63) is 43.1 Å². The molecule has 0 fully saturated rings. The van der Waals surface area contributed by atoms with Gasteiger partial charge in [0.15, 0.2) is 0 Å². The third kappa shape index (κ3) is 3.74. The van der Waals surface area contributed by atoms with Crippen LogP contribution in [-0.2, 0) is 11.2 Å². The van der Waals surface area contributed by atoms with Crippen LogP contribution in [0.5, 0.6) is 0 Å². The number of pyridine rings is 1. The van der Waals surface area contributed by atoms with Crippen LogP contribution in [0.1, 0.15) is 12.3 Å². The van der Waals surface area contributed by atoms with Gasteiger partial charge in [-0.3, -0.25) is 9.78 Å². The average molecular weight is 258 g/mol. The Morgan fingerprint density at radius 2 is 2.42 bits per heavy atom. The van der Waals surface area contributed by atoms with Crippen LogP contribution in [0.2, 0.25) is 0 Å². The van der Waals surface area contributed by atoms with E-state index in [4.69, 9.17) is 4.52 Å². The van der Waals surface area contributed by atoms with Gasteiger partial charge in [-0.15, -0.1) is 6.58 Å². The Balaban J connectivity index is 1.91. The summed E-state index contributed by atoms with van der Waals surface area (Å²) in [5.74, 6) is 0.850. The van der Waals surface area contributed by atoms with Gasteiger partial charge in [0.25, 0.3) is 0 Å². The highest BCUT2D eigenvalue weighted by Crippen LogP contribution is 2.14. The second-order valence-electron chi connectivity index (χ2n) is 3.85. The summed E-state index contributed by atoms with van der Waals surface area (Å²) < 4.78 is 5.08. The van der Waals surface area contributed by atoms with Gasteiger partial charge in [-0.25, -0.2) is 0 Å². The van der Waals surface area contributed by atoms with Gasteiger partial charge in [0.2, 0.25) is 17.6 Å². The van der Waals surface area contributed by atoms with Crippen LogP contribution in [0.25, 0.3) is 11.4 Å². The Labute approximate surface area is 110 Å². The molecular weight excluding hydrogens is 244 g/mol. The van der Waals surface area contributed by atoms with Crippen LogP contribution in [0.15, 0.2) is 41.7 Å². The molecule has 19 heavy (non-hydrogen) atoms. The summed E-state index contributed by atoms with van der Waals surface area (Å²) in [6, 6.07) is 3.65. The van der Waals surface area contributed by atoms with E-state index in [1.165, 1.54) is 0 Å². The van der Waals surface area contributed by atoms with Gasteiger partial charge >= 0.3 is 0 Å². The summed E-state index contributed by atoms with van der Waals surface area (Å²) in [6.07, 6.45) is 5.68. The maximum atomic E-state index is 11.4. The number of nitrogens with zero attached hydrogens (tertiary/aromatic N) is 3. The third-order valence-corrected chi connectivity index (χ3v) is 2.40. The van der Waals surface area contributed by atoms with E-state index < -0.39 is 0 Å². The number of nitrogens with one attached hydrogen (secondary N) is 1. The lowest BCUT2D eigenvalue weighted by Crippen LogP contribution is -2.23. The zero-order valence-electron chi connectivity index (χ0n) is 10.4. The van der Waals surface area contributed by atoms with E-state index in [1.807, 2.05) is 6.07 Å². The molecule has 1 amide bonds. The minimum atomic E-state index is -0.0685. The lowest BCUT2D eigenvalue weighted by Gasteiger charge is -1.98. The number of carbonyl (C=O) groups excluding carboxylic acids is 1. The Morgan fingerprint density at radius 1 is 1.53 bits per heavy atom. The van der Waals surface area contributed by atoms with Crippen LogP contribution >= 0.6 is 0 Å². The molecule has 6 heteroatoms. The maximum Gasteiger partial charge on any atom is 0.227 e. The summed E-state index contributed by atoms with van der Waals surface area (Å²) in [6.45, 7) is 3.99. The van der Waals surface area contributed by atoms with Gasteiger partial charge in [-0.05, 0) is 12.1 Å². The largest absolute Gasteiger partial charge is 0.353 e. The fourth-order valence-electron chi connectivity index (χ4n) is 1.46. The fourth-order valence-corrected chi connectivity index (χ4v) is 1.46. The average Bonchev–Trinajstić information content (AvgIpc) is 2.93. The molecule has 0 aliphatic carbocycles. The van der Waals surface area contributed by atoms with Crippen molar-refractivity contribution in [1.82, 2.24) is 20.4 Å². The van der Waals surface area contributed by atoms with E-state index in [9.17, 15) is 4.79 Å². The predicted octanol–water partition coefficient (Wildman–Crippen LogP) is 1.37. The molecule has 0 atom stereocenters. The van der Waals surface area contributed by atoms with E-state index >= 15 is 0 Å². The second-order valence-corrected chi connectivity index (χ2v) is 3.85. The molecule has 0 aliphatic heterocycles. The van der Waals surface area contributed by atoms with Crippen molar-refractivity contribution < 1.29 is 9.32 Å². The lowest BCUT2D eigenvalue weighted by atomic mass is 10.2. The zero-order chi connectivity index (χ0) is 13.5. The van der Waals surface area contributed by atoms with E-state index in [-0.39, 0.29) is 5.91 Å². The van der Waals surface area contributed by atoms with Gasteiger partial charge < -0.3 is 9.84 Å². The molecule has 98 valence electrons. The number of carbonyl (C=O) groups is 1. The summed E-state index contributed by atoms with van der Waals surface area (Å²) in [5, 5.41) is 6.54. The van der Waals surface area contributed by atoms with Crippen molar-refractivity contribution >= 4 is 5.91 Å². The number of amides is 1. The number of aryl methyl sites for hydroxylation is 1. The van der Waals surface area contributed by atoms with Gasteiger partial charge in [0.05, 0.1) is 0 Å². The Bertz CT molecular complexity index is 551. The lowest BCUT2D eigenvalue weighted by molar-refractivity contribution is -0.120. The first-order valence-corrected chi connectivity index (χ1v) is 5.90. The Hall–Kier alpha value is -2.50. The van der Waals surface area contributed by atoms with Crippen molar-refractivity contribution in [2.75, 3.05) is 6.54 Å². The standard InChI is InChI=1S/C13H14N4O2/c1-2-7-15-11(18)5-6-12-16-13(17-19-12)10-4-3-8-14-9-10/h2-4,8-9H,1,5-7H2,(H,15,18). The summed E-state index contributed by atoms with van der Waals surface area (Å²) in [4.78, 5) is 19.6. The normalized spacial score (nSPS) is 10.1. The molecule has 2 heterocycles. The van der Waals surface area contributed by atoms with E-state index in [1.54, 1.807) is 24.5 Å². The molecule has 2 aromatic heterocycles. The van der Waals surface area contributed by atoms with Crippen molar-refractivity contribution in [1.29, 1.82) is 0 Å². The molecule has 0 aliphatic rings. The third-order valence-electron chi connectivity index (χ3n) is 2.40. The van der Waals surface area contributed by atoms with Gasteiger partial charge in [-0.1, -0.05) is 11.2 Å². The van der Waals surface area contributed by atoms with Gasteiger partial charge in [-0.2, -0.15) is 4.98 Å². The Kier molecular flexibility index (Phi) is 4.39. The topological polar surface area (TPSA) is 80.9 Å². The summed E-state index contributed by atoms with van der Waals surface area (Å²) in [5.41, 5.74) is 0.786. The zero-order valence-corrected chi connectivity index (χ0v) is 10.4. The van der Waals surface area contributed by atoms with Crippen LogP contribution in [-0.4, -0.2) is 27.6 Å². The molecule has 1 N–H and O–H groups in total. The molecule has 0 spiro atoms. The fraction of sp³-hybridized carbons (Fsp3) is 0.231. The SMILES string of the molecule is C=CCNC(=O)CCc1nc(-c2cccnc2)no1. The van der Waals surface area contributed by atoms with Crippen LogP contribution in [0, 0.1) is 0 Å². The number of hydrogen-bond acceptors (Lipinski definition) is 5. The van der Waals surface area contributed by atoms with Crippen LogP contribution in [0.4, 0.5) is 0 Å². The predicted molar refractivity (Wildman–Crippen MR) is 69.1 cm³/mol. The molecule has 0 unspecified atom stereocenters. The highest BCUT2D eigenvalue weighted by atomic mass is 16.5. The maximum absolute atomic E-state index is 11.4. The minimum absolute atomic E-state index is 0.0685. The highest BCUT2D eigenvalue weighted by Gasteiger charge is 2.10. The summed E-state index contributed by atoms with van der Waals surface area (Å²) >= 11 is 0. The number of aromatic nitrogens is 3. The first-order chi connectivity index (χ1) is 9.29. The molecule has 0 saturated heterocycles.